The molecule has 0 atom stereocenters. The van der Waals surface area contributed by atoms with Gasteiger partial charge < -0.3 is 10.4 Å². The fraction of sp³-hybridized carbons (Fsp3) is 0.533. The average molecular weight is 247 g/mol. The maximum absolute atomic E-state index is 12.1. The van der Waals surface area contributed by atoms with E-state index in [0.29, 0.717) is 11.6 Å². The van der Waals surface area contributed by atoms with Crippen LogP contribution in [-0.2, 0) is 0 Å². The minimum atomic E-state index is -0.0212. The second kappa shape index (κ2) is 5.42. The largest absolute Gasteiger partial charge is 0.508 e. The van der Waals surface area contributed by atoms with E-state index in [2.05, 4.69) is 12.2 Å². The summed E-state index contributed by atoms with van der Waals surface area (Å²) in [5.41, 5.74) is 1.48. The van der Waals surface area contributed by atoms with E-state index in [1.165, 1.54) is 12.8 Å². The number of phenols is 1. The van der Waals surface area contributed by atoms with Crippen molar-refractivity contribution in [1.82, 2.24) is 5.32 Å². The molecule has 2 rings (SSSR count). The van der Waals surface area contributed by atoms with Gasteiger partial charge in [-0.25, -0.2) is 0 Å². The van der Waals surface area contributed by atoms with E-state index in [1.807, 2.05) is 6.92 Å². The zero-order chi connectivity index (χ0) is 13.1. The summed E-state index contributed by atoms with van der Waals surface area (Å²) >= 11 is 0. The van der Waals surface area contributed by atoms with E-state index >= 15 is 0 Å². The quantitative estimate of drug-likeness (QED) is 0.844. The van der Waals surface area contributed by atoms with E-state index in [1.54, 1.807) is 18.2 Å². The number of carbonyl (C=O) groups excluding carboxylic acids is 1. The molecule has 3 nitrogen and oxygen atoms in total. The number of hydrogen-bond donors (Lipinski definition) is 2. The molecule has 1 amide bonds. The van der Waals surface area contributed by atoms with Crippen molar-refractivity contribution in [2.75, 3.05) is 0 Å². The lowest BCUT2D eigenvalue weighted by molar-refractivity contribution is 0.0922. The predicted octanol–water partition coefficient (Wildman–Crippen LogP) is 3.01. The number of carbonyl (C=O) groups is 1. The molecule has 1 aliphatic rings. The van der Waals surface area contributed by atoms with Gasteiger partial charge in [-0.05, 0) is 62.3 Å². The van der Waals surface area contributed by atoms with Crippen LogP contribution in [0.2, 0.25) is 0 Å². The molecule has 1 fully saturated rings. The summed E-state index contributed by atoms with van der Waals surface area (Å²) in [6, 6.07) is 5.18. The summed E-state index contributed by atoms with van der Waals surface area (Å²) in [6.07, 6.45) is 4.53. The third-order valence-corrected chi connectivity index (χ3v) is 3.81. The Bertz CT molecular complexity index is 434. The molecule has 0 aliphatic heterocycles. The van der Waals surface area contributed by atoms with Crippen LogP contribution in [0.5, 0.6) is 5.75 Å². The molecule has 18 heavy (non-hydrogen) atoms. The van der Waals surface area contributed by atoms with Gasteiger partial charge in [-0.3, -0.25) is 4.79 Å². The third kappa shape index (κ3) is 3.03. The molecule has 0 saturated heterocycles. The van der Waals surface area contributed by atoms with Crippen LogP contribution in [-0.4, -0.2) is 17.1 Å². The number of benzene rings is 1. The van der Waals surface area contributed by atoms with Crippen molar-refractivity contribution in [3.8, 4) is 5.75 Å². The summed E-state index contributed by atoms with van der Waals surface area (Å²) in [5, 5.41) is 12.4. The molecule has 0 bridgehead atoms. The van der Waals surface area contributed by atoms with Gasteiger partial charge in [-0.2, -0.15) is 0 Å². The number of rotatable bonds is 2. The minimum Gasteiger partial charge on any atom is -0.508 e. The Balaban J connectivity index is 1.99. The second-order valence-corrected chi connectivity index (χ2v) is 5.43. The number of aromatic hydroxyl groups is 1. The fourth-order valence-corrected chi connectivity index (χ4v) is 2.57. The Morgan fingerprint density at radius 3 is 2.56 bits per heavy atom. The molecule has 0 heterocycles. The average Bonchev–Trinajstić information content (AvgIpc) is 2.32. The maximum Gasteiger partial charge on any atom is 0.251 e. The van der Waals surface area contributed by atoms with E-state index in [0.717, 1.165) is 24.3 Å². The van der Waals surface area contributed by atoms with Crippen LogP contribution >= 0.6 is 0 Å². The van der Waals surface area contributed by atoms with Crippen LogP contribution in [0.3, 0.4) is 0 Å². The Morgan fingerprint density at radius 1 is 1.28 bits per heavy atom. The fourth-order valence-electron chi connectivity index (χ4n) is 2.57. The van der Waals surface area contributed by atoms with Crippen molar-refractivity contribution in [2.24, 2.45) is 5.92 Å². The van der Waals surface area contributed by atoms with Crippen molar-refractivity contribution in [2.45, 2.75) is 45.6 Å². The topological polar surface area (TPSA) is 49.3 Å². The van der Waals surface area contributed by atoms with Gasteiger partial charge in [0.25, 0.3) is 5.91 Å². The molecule has 1 aliphatic carbocycles. The van der Waals surface area contributed by atoms with Gasteiger partial charge in [-0.15, -0.1) is 0 Å². The van der Waals surface area contributed by atoms with Gasteiger partial charge in [0.2, 0.25) is 0 Å². The van der Waals surface area contributed by atoms with E-state index < -0.39 is 0 Å². The molecule has 0 radical (unpaired) electrons. The van der Waals surface area contributed by atoms with Gasteiger partial charge >= 0.3 is 0 Å². The minimum absolute atomic E-state index is 0.0212. The zero-order valence-corrected chi connectivity index (χ0v) is 11.1. The van der Waals surface area contributed by atoms with Gasteiger partial charge in [0, 0.05) is 11.6 Å². The molecule has 98 valence electrons. The molecule has 1 saturated carbocycles. The van der Waals surface area contributed by atoms with Crippen LogP contribution in [0, 0.1) is 12.8 Å². The highest BCUT2D eigenvalue weighted by atomic mass is 16.3. The predicted molar refractivity (Wildman–Crippen MR) is 71.7 cm³/mol. The maximum atomic E-state index is 12.1. The van der Waals surface area contributed by atoms with Crippen molar-refractivity contribution in [1.29, 1.82) is 0 Å². The lowest BCUT2D eigenvalue weighted by Gasteiger charge is -2.27. The van der Waals surface area contributed by atoms with E-state index in [9.17, 15) is 9.90 Å². The summed E-state index contributed by atoms with van der Waals surface area (Å²) < 4.78 is 0. The molecule has 0 aromatic heterocycles. The number of hydrogen-bond acceptors (Lipinski definition) is 2. The zero-order valence-electron chi connectivity index (χ0n) is 11.1. The Kier molecular flexibility index (Phi) is 3.90. The number of aryl methyl sites for hydroxylation is 1. The summed E-state index contributed by atoms with van der Waals surface area (Å²) in [5.74, 6) is 0.969. The van der Waals surface area contributed by atoms with Crippen LogP contribution in [0.15, 0.2) is 18.2 Å². The van der Waals surface area contributed by atoms with Crippen LogP contribution < -0.4 is 5.32 Å². The van der Waals surface area contributed by atoms with Crippen molar-refractivity contribution in [3.05, 3.63) is 29.3 Å². The third-order valence-electron chi connectivity index (χ3n) is 3.81. The van der Waals surface area contributed by atoms with Crippen LogP contribution in [0.25, 0.3) is 0 Å². The number of phenolic OH excluding ortho intramolecular Hbond substituents is 1. The van der Waals surface area contributed by atoms with Crippen LogP contribution in [0.4, 0.5) is 0 Å². The normalized spacial score (nSPS) is 23.7. The second-order valence-electron chi connectivity index (χ2n) is 5.43. The van der Waals surface area contributed by atoms with Crippen molar-refractivity contribution in [3.63, 3.8) is 0 Å². The molecular formula is C15H21NO2. The Hall–Kier alpha value is -1.51. The first-order valence-electron chi connectivity index (χ1n) is 6.66. The van der Waals surface area contributed by atoms with Crippen molar-refractivity contribution < 1.29 is 9.90 Å². The number of nitrogens with one attached hydrogen (secondary N) is 1. The highest BCUT2D eigenvalue weighted by Crippen LogP contribution is 2.24. The van der Waals surface area contributed by atoms with Gasteiger partial charge in [0.05, 0.1) is 0 Å². The summed E-state index contributed by atoms with van der Waals surface area (Å²) in [7, 11) is 0. The summed E-state index contributed by atoms with van der Waals surface area (Å²) in [4.78, 5) is 12.1. The van der Waals surface area contributed by atoms with E-state index in [-0.39, 0.29) is 11.7 Å². The summed E-state index contributed by atoms with van der Waals surface area (Å²) in [6.45, 7) is 4.11. The Labute approximate surface area is 108 Å². The van der Waals surface area contributed by atoms with Crippen molar-refractivity contribution >= 4 is 5.91 Å². The first-order valence-corrected chi connectivity index (χ1v) is 6.66. The van der Waals surface area contributed by atoms with E-state index in [4.69, 9.17) is 0 Å². The molecule has 2 N–H and O–H groups in total. The molecule has 0 unspecified atom stereocenters. The van der Waals surface area contributed by atoms with Crippen LogP contribution in [0.1, 0.15) is 48.5 Å². The lowest BCUT2D eigenvalue weighted by atomic mass is 9.87. The lowest BCUT2D eigenvalue weighted by Crippen LogP contribution is -2.37. The highest BCUT2D eigenvalue weighted by Gasteiger charge is 2.20. The molecule has 0 spiro atoms. The van der Waals surface area contributed by atoms with Gasteiger partial charge in [-0.1, -0.05) is 6.92 Å². The Morgan fingerprint density at radius 2 is 1.94 bits per heavy atom. The first kappa shape index (κ1) is 12.9. The molecule has 1 aromatic rings. The standard InChI is InChI=1S/C15H21NO2/c1-10-3-5-12(6-4-10)16-15(18)14-8-7-13(17)9-11(14)2/h7-10,12,17H,3-6H2,1-2H3,(H,16,18). The van der Waals surface area contributed by atoms with Gasteiger partial charge in [0.1, 0.15) is 5.75 Å². The monoisotopic (exact) mass is 247 g/mol. The highest BCUT2D eigenvalue weighted by molar-refractivity contribution is 5.95. The first-order chi connectivity index (χ1) is 8.56. The molecule has 1 aromatic carbocycles. The molecular weight excluding hydrogens is 226 g/mol. The SMILES string of the molecule is Cc1cc(O)ccc1C(=O)NC1CCC(C)CC1. The van der Waals surface area contributed by atoms with Gasteiger partial charge in [0.15, 0.2) is 0 Å². The molecule has 3 heteroatoms. The smallest absolute Gasteiger partial charge is 0.251 e. The number of amides is 1.